The van der Waals surface area contributed by atoms with Gasteiger partial charge in [-0.25, -0.2) is 0 Å². The van der Waals surface area contributed by atoms with Crippen LogP contribution in [0.25, 0.3) is 0 Å². The molecule has 188 valence electrons. The molecule has 0 aromatic rings. The molecular weight excluding hydrogens is 396 g/mol. The van der Waals surface area contributed by atoms with E-state index in [1.54, 1.807) is 0 Å². The molecule has 0 aliphatic heterocycles. The van der Waals surface area contributed by atoms with Crippen LogP contribution in [0.15, 0.2) is 36.5 Å². The lowest BCUT2D eigenvalue weighted by atomic mass is 9.71. The zero-order valence-corrected chi connectivity index (χ0v) is 21.5. The quantitative estimate of drug-likeness (QED) is 0.0882. The van der Waals surface area contributed by atoms with Crippen molar-refractivity contribution in [2.24, 2.45) is 5.41 Å². The maximum absolute atomic E-state index is 10.4. The molecule has 32 heavy (non-hydrogen) atoms. The van der Waals surface area contributed by atoms with Crippen molar-refractivity contribution in [2.45, 2.75) is 142 Å². The third-order valence-corrected chi connectivity index (χ3v) is 6.50. The fourth-order valence-corrected chi connectivity index (χ4v) is 4.44. The lowest BCUT2D eigenvalue weighted by Crippen LogP contribution is -2.48. The summed E-state index contributed by atoms with van der Waals surface area (Å²) >= 11 is 0. The van der Waals surface area contributed by atoms with Crippen LogP contribution < -0.4 is 0 Å². The van der Waals surface area contributed by atoms with Crippen LogP contribution in [-0.4, -0.2) is 21.3 Å². The standard InChI is InChI=1S/C29H54O3/c1-4-7-10-13-16-19-22-25-28(29(30,31)32,26-23-20-17-14-11-8-5-2)27-24-21-18-15-12-9-6-3/h7-12,30-32H,4-6,13-27H2,1-3H3. The summed E-state index contributed by atoms with van der Waals surface area (Å²) in [6, 6.07) is 0. The first-order valence-electron chi connectivity index (χ1n) is 13.6. The normalized spacial score (nSPS) is 14.8. The molecule has 0 rings (SSSR count). The Labute approximate surface area is 199 Å². The van der Waals surface area contributed by atoms with Crippen LogP contribution >= 0.6 is 0 Å². The molecule has 3 N–H and O–H groups in total. The molecule has 0 aliphatic rings. The SMILES string of the molecule is CCC=CCCCCCC(CCCCCC=CCC)(CCCCCC=CCC)C(O)(O)O. The Kier molecular flexibility index (Phi) is 20.1. The van der Waals surface area contributed by atoms with E-state index in [1.165, 1.54) is 0 Å². The number of aliphatic hydroxyl groups is 3. The number of unbranched alkanes of at least 4 members (excludes halogenated alkanes) is 9. The molecule has 0 aliphatic carbocycles. The minimum absolute atomic E-state index is 0.680. The molecule has 0 aromatic heterocycles. The van der Waals surface area contributed by atoms with Gasteiger partial charge >= 0.3 is 0 Å². The summed E-state index contributed by atoms with van der Waals surface area (Å²) in [6.07, 6.45) is 31.2. The first kappa shape index (κ1) is 31.1. The van der Waals surface area contributed by atoms with Crippen molar-refractivity contribution in [3.05, 3.63) is 36.5 Å². The van der Waals surface area contributed by atoms with Crippen LogP contribution in [0.3, 0.4) is 0 Å². The van der Waals surface area contributed by atoms with E-state index in [9.17, 15) is 15.3 Å². The van der Waals surface area contributed by atoms with E-state index in [4.69, 9.17) is 0 Å². The zero-order chi connectivity index (χ0) is 24.0. The Morgan fingerprint density at radius 3 is 1.00 bits per heavy atom. The van der Waals surface area contributed by atoms with Crippen LogP contribution in [0.1, 0.15) is 136 Å². The predicted octanol–water partition coefficient (Wildman–Crippen LogP) is 8.35. The Bertz CT molecular complexity index is 425. The number of hydrogen-bond donors (Lipinski definition) is 3. The van der Waals surface area contributed by atoms with Gasteiger partial charge < -0.3 is 15.3 Å². The Morgan fingerprint density at radius 2 is 0.750 bits per heavy atom. The summed E-state index contributed by atoms with van der Waals surface area (Å²) in [5.41, 5.74) is -0.815. The highest BCUT2D eigenvalue weighted by Gasteiger charge is 2.46. The average molecular weight is 451 g/mol. The van der Waals surface area contributed by atoms with Gasteiger partial charge in [0, 0.05) is 0 Å². The van der Waals surface area contributed by atoms with E-state index in [0.29, 0.717) is 19.3 Å². The summed E-state index contributed by atoms with van der Waals surface area (Å²) in [5, 5.41) is 31.3. The molecule has 0 spiro atoms. The van der Waals surface area contributed by atoms with Gasteiger partial charge in [0.05, 0.1) is 5.41 Å². The molecule has 0 amide bonds. The van der Waals surface area contributed by atoms with Crippen molar-refractivity contribution < 1.29 is 15.3 Å². The third kappa shape index (κ3) is 15.8. The number of rotatable bonds is 22. The topological polar surface area (TPSA) is 60.7 Å². The molecule has 0 bridgehead atoms. The van der Waals surface area contributed by atoms with Gasteiger partial charge in [0.15, 0.2) is 0 Å². The maximum atomic E-state index is 10.4. The highest BCUT2D eigenvalue weighted by molar-refractivity contribution is 4.87. The molecule has 0 saturated heterocycles. The fourth-order valence-electron chi connectivity index (χ4n) is 4.44. The second-order valence-electron chi connectivity index (χ2n) is 9.35. The summed E-state index contributed by atoms with van der Waals surface area (Å²) in [7, 11) is 0. The van der Waals surface area contributed by atoms with Gasteiger partial charge in [0.25, 0.3) is 5.97 Å². The molecular formula is C29H54O3. The molecule has 0 fully saturated rings. The van der Waals surface area contributed by atoms with Gasteiger partial charge in [-0.1, -0.05) is 95.8 Å². The minimum atomic E-state index is -2.60. The van der Waals surface area contributed by atoms with Crippen LogP contribution in [0.4, 0.5) is 0 Å². The summed E-state index contributed by atoms with van der Waals surface area (Å²) in [4.78, 5) is 0. The van der Waals surface area contributed by atoms with Gasteiger partial charge in [-0.3, -0.25) is 0 Å². The van der Waals surface area contributed by atoms with E-state index in [0.717, 1.165) is 96.3 Å². The largest absolute Gasteiger partial charge is 0.343 e. The van der Waals surface area contributed by atoms with Crippen molar-refractivity contribution in [2.75, 3.05) is 0 Å². The minimum Gasteiger partial charge on any atom is -0.343 e. The van der Waals surface area contributed by atoms with Crippen LogP contribution in [-0.2, 0) is 0 Å². The highest BCUT2D eigenvalue weighted by atomic mass is 16.7. The van der Waals surface area contributed by atoms with Gasteiger partial charge in [-0.05, 0) is 77.0 Å². The molecule has 3 nitrogen and oxygen atoms in total. The second-order valence-corrected chi connectivity index (χ2v) is 9.35. The summed E-state index contributed by atoms with van der Waals surface area (Å²) in [6.45, 7) is 6.44. The van der Waals surface area contributed by atoms with E-state index in [1.807, 2.05) is 0 Å². The van der Waals surface area contributed by atoms with Crippen molar-refractivity contribution in [1.82, 2.24) is 0 Å². The van der Waals surface area contributed by atoms with Gasteiger partial charge in [0.2, 0.25) is 0 Å². The molecule has 0 unspecified atom stereocenters. The molecule has 3 heteroatoms. The van der Waals surface area contributed by atoms with Gasteiger partial charge in [0.1, 0.15) is 0 Å². The predicted molar refractivity (Wildman–Crippen MR) is 139 cm³/mol. The van der Waals surface area contributed by atoms with Gasteiger partial charge in [-0.2, -0.15) is 0 Å². The van der Waals surface area contributed by atoms with Gasteiger partial charge in [-0.15, -0.1) is 0 Å². The van der Waals surface area contributed by atoms with E-state index >= 15 is 0 Å². The fraction of sp³-hybridized carbons (Fsp3) is 0.793. The Balaban J connectivity index is 4.79. The third-order valence-electron chi connectivity index (χ3n) is 6.50. The van der Waals surface area contributed by atoms with Crippen LogP contribution in [0.2, 0.25) is 0 Å². The monoisotopic (exact) mass is 450 g/mol. The van der Waals surface area contributed by atoms with E-state index in [2.05, 4.69) is 57.2 Å². The second kappa shape index (κ2) is 20.7. The van der Waals surface area contributed by atoms with E-state index < -0.39 is 11.4 Å². The average Bonchev–Trinajstić information content (AvgIpc) is 2.75. The van der Waals surface area contributed by atoms with E-state index in [-0.39, 0.29) is 0 Å². The number of hydrogen-bond acceptors (Lipinski definition) is 3. The maximum Gasteiger partial charge on any atom is 0.281 e. The zero-order valence-electron chi connectivity index (χ0n) is 21.5. The molecule has 0 saturated carbocycles. The van der Waals surface area contributed by atoms with Crippen molar-refractivity contribution >= 4 is 0 Å². The smallest absolute Gasteiger partial charge is 0.281 e. The molecule has 0 atom stereocenters. The van der Waals surface area contributed by atoms with Crippen LogP contribution in [0.5, 0.6) is 0 Å². The van der Waals surface area contributed by atoms with Crippen molar-refractivity contribution in [3.8, 4) is 0 Å². The Hall–Kier alpha value is -0.900. The highest BCUT2D eigenvalue weighted by Crippen LogP contribution is 2.44. The van der Waals surface area contributed by atoms with Crippen LogP contribution in [0, 0.1) is 5.41 Å². The molecule has 0 radical (unpaired) electrons. The summed E-state index contributed by atoms with van der Waals surface area (Å²) < 4.78 is 0. The Morgan fingerprint density at radius 1 is 0.438 bits per heavy atom. The molecule has 0 heterocycles. The van der Waals surface area contributed by atoms with Crippen molar-refractivity contribution in [1.29, 1.82) is 0 Å². The van der Waals surface area contributed by atoms with Crippen molar-refractivity contribution in [3.63, 3.8) is 0 Å². The lowest BCUT2D eigenvalue weighted by molar-refractivity contribution is -0.380. The first-order valence-corrected chi connectivity index (χ1v) is 13.6. The summed E-state index contributed by atoms with van der Waals surface area (Å²) in [5.74, 6) is -2.60. The first-order chi connectivity index (χ1) is 15.4. The molecule has 0 aromatic carbocycles. The number of allylic oxidation sites excluding steroid dienone is 6. The lowest BCUT2D eigenvalue weighted by Gasteiger charge is -2.41.